The highest BCUT2D eigenvalue weighted by Gasteiger charge is 2.17. The fraction of sp³-hybridized carbons (Fsp3) is 0. The Morgan fingerprint density at radius 2 is 2.08 bits per heavy atom. The van der Waals surface area contributed by atoms with Crippen molar-refractivity contribution in [1.82, 2.24) is 4.98 Å². The molecular formula is C14H8ClFN4O3S. The van der Waals surface area contributed by atoms with Crippen LogP contribution in [0.2, 0.25) is 5.02 Å². The molecule has 2 amide bonds. The molecule has 0 aliphatic rings. The Morgan fingerprint density at radius 3 is 2.79 bits per heavy atom. The van der Waals surface area contributed by atoms with Gasteiger partial charge in [0.2, 0.25) is 0 Å². The molecule has 0 radical (unpaired) electrons. The Bertz CT molecular complexity index is 962. The van der Waals surface area contributed by atoms with Gasteiger partial charge in [0.25, 0.3) is 5.69 Å². The lowest BCUT2D eigenvalue weighted by molar-refractivity contribution is -0.382. The van der Waals surface area contributed by atoms with E-state index in [1.54, 1.807) is 6.07 Å². The van der Waals surface area contributed by atoms with Crippen molar-refractivity contribution < 1.29 is 14.1 Å². The van der Waals surface area contributed by atoms with Crippen molar-refractivity contribution in [1.29, 1.82) is 0 Å². The SMILES string of the molecule is O=C(Nc1nc2cccc([N+](=O)[O-])c2s1)Nc1ccc(Cl)cc1F. The summed E-state index contributed by atoms with van der Waals surface area (Å²) < 4.78 is 14.0. The predicted molar refractivity (Wildman–Crippen MR) is 90.3 cm³/mol. The summed E-state index contributed by atoms with van der Waals surface area (Å²) in [6.07, 6.45) is 0. The molecular weight excluding hydrogens is 359 g/mol. The predicted octanol–water partition coefficient (Wildman–Crippen LogP) is 4.64. The number of thiazole rings is 1. The summed E-state index contributed by atoms with van der Waals surface area (Å²) in [6.45, 7) is 0. The van der Waals surface area contributed by atoms with Crippen LogP contribution in [0.1, 0.15) is 0 Å². The maximum atomic E-state index is 13.6. The first-order chi connectivity index (χ1) is 11.4. The van der Waals surface area contributed by atoms with Gasteiger partial charge in [0, 0.05) is 11.1 Å². The van der Waals surface area contributed by atoms with Gasteiger partial charge >= 0.3 is 6.03 Å². The molecule has 3 rings (SSSR count). The van der Waals surface area contributed by atoms with Crippen molar-refractivity contribution in [2.24, 2.45) is 0 Å². The normalized spacial score (nSPS) is 10.6. The number of rotatable bonds is 3. The van der Waals surface area contributed by atoms with Gasteiger partial charge in [-0.3, -0.25) is 15.4 Å². The molecule has 2 aromatic carbocycles. The molecule has 0 saturated heterocycles. The van der Waals surface area contributed by atoms with Gasteiger partial charge < -0.3 is 5.32 Å². The standard InChI is InChI=1S/C14H8ClFN4O3S/c15-7-4-5-9(8(16)6-7)17-13(21)19-14-18-10-2-1-3-11(20(22)23)12(10)24-14/h1-6H,(H2,17,18,19,21). The van der Waals surface area contributed by atoms with E-state index in [2.05, 4.69) is 15.6 Å². The third-order valence-electron chi connectivity index (χ3n) is 2.99. The van der Waals surface area contributed by atoms with Gasteiger partial charge in [0.15, 0.2) is 5.13 Å². The molecule has 3 aromatic rings. The Kier molecular flexibility index (Phi) is 4.28. The first-order valence-corrected chi connectivity index (χ1v) is 7.70. The van der Waals surface area contributed by atoms with Crippen molar-refractivity contribution in [3.8, 4) is 0 Å². The third kappa shape index (κ3) is 3.26. The van der Waals surface area contributed by atoms with E-state index in [0.29, 0.717) is 10.2 Å². The summed E-state index contributed by atoms with van der Waals surface area (Å²) in [4.78, 5) is 26.5. The van der Waals surface area contributed by atoms with Crippen LogP contribution in [-0.4, -0.2) is 15.9 Å². The molecule has 0 aliphatic heterocycles. The number of nitrogens with one attached hydrogen (secondary N) is 2. The zero-order valence-electron chi connectivity index (χ0n) is 11.7. The highest BCUT2D eigenvalue weighted by Crippen LogP contribution is 2.33. The number of carbonyl (C=O) groups excluding carboxylic acids is 1. The number of nitrogens with zero attached hydrogens (tertiary/aromatic N) is 2. The van der Waals surface area contributed by atoms with E-state index >= 15 is 0 Å². The summed E-state index contributed by atoms with van der Waals surface area (Å²) >= 11 is 6.60. The lowest BCUT2D eigenvalue weighted by Crippen LogP contribution is -2.19. The summed E-state index contributed by atoms with van der Waals surface area (Å²) in [5, 5.41) is 16.1. The van der Waals surface area contributed by atoms with Gasteiger partial charge in [0.1, 0.15) is 10.5 Å². The van der Waals surface area contributed by atoms with E-state index in [4.69, 9.17) is 11.6 Å². The second-order valence-corrected chi connectivity index (χ2v) is 6.04. The first-order valence-electron chi connectivity index (χ1n) is 6.51. The van der Waals surface area contributed by atoms with Gasteiger partial charge in [0.05, 0.1) is 16.1 Å². The van der Waals surface area contributed by atoms with Crippen LogP contribution in [0.3, 0.4) is 0 Å². The molecule has 0 saturated carbocycles. The molecule has 0 aliphatic carbocycles. The Labute approximate surface area is 143 Å². The molecule has 0 unspecified atom stereocenters. The van der Waals surface area contributed by atoms with E-state index < -0.39 is 16.8 Å². The number of hydrogen-bond acceptors (Lipinski definition) is 5. The second kappa shape index (κ2) is 6.38. The average Bonchev–Trinajstić information content (AvgIpc) is 2.91. The summed E-state index contributed by atoms with van der Waals surface area (Å²) in [5.41, 5.74) is 0.244. The first kappa shape index (κ1) is 16.1. The van der Waals surface area contributed by atoms with E-state index in [9.17, 15) is 19.3 Å². The van der Waals surface area contributed by atoms with E-state index in [-0.39, 0.29) is 21.5 Å². The molecule has 0 fully saturated rings. The van der Waals surface area contributed by atoms with Crippen molar-refractivity contribution in [3.63, 3.8) is 0 Å². The molecule has 0 bridgehead atoms. The number of fused-ring (bicyclic) bond motifs is 1. The number of benzene rings is 2. The fourth-order valence-electron chi connectivity index (χ4n) is 1.97. The highest BCUT2D eigenvalue weighted by atomic mass is 35.5. The molecule has 122 valence electrons. The van der Waals surface area contributed by atoms with E-state index in [1.165, 1.54) is 24.3 Å². The Hall–Kier alpha value is -2.78. The number of aromatic nitrogens is 1. The smallest absolute Gasteiger partial charge is 0.305 e. The maximum absolute atomic E-state index is 13.6. The molecule has 0 spiro atoms. The number of urea groups is 1. The van der Waals surface area contributed by atoms with Crippen LogP contribution in [0.15, 0.2) is 36.4 Å². The number of amides is 2. The average molecular weight is 367 g/mol. The van der Waals surface area contributed by atoms with Crippen molar-refractivity contribution in [2.45, 2.75) is 0 Å². The van der Waals surface area contributed by atoms with Crippen LogP contribution in [0.25, 0.3) is 10.2 Å². The van der Waals surface area contributed by atoms with Crippen LogP contribution in [0.4, 0.5) is 25.7 Å². The maximum Gasteiger partial charge on any atom is 0.325 e. The summed E-state index contributed by atoms with van der Waals surface area (Å²) in [7, 11) is 0. The van der Waals surface area contributed by atoms with Crippen molar-refractivity contribution in [2.75, 3.05) is 10.6 Å². The Balaban J connectivity index is 1.80. The number of nitro benzene ring substituents is 1. The molecule has 0 atom stereocenters. The minimum atomic E-state index is -0.724. The van der Waals surface area contributed by atoms with Crippen LogP contribution in [-0.2, 0) is 0 Å². The van der Waals surface area contributed by atoms with Gasteiger partial charge in [-0.05, 0) is 24.3 Å². The Morgan fingerprint density at radius 1 is 1.29 bits per heavy atom. The molecule has 1 heterocycles. The number of anilines is 2. The zero-order chi connectivity index (χ0) is 17.3. The minimum Gasteiger partial charge on any atom is -0.305 e. The minimum absolute atomic E-state index is 0.0519. The van der Waals surface area contributed by atoms with Crippen molar-refractivity contribution in [3.05, 3.63) is 57.4 Å². The lowest BCUT2D eigenvalue weighted by atomic mass is 10.3. The second-order valence-electron chi connectivity index (χ2n) is 4.60. The largest absolute Gasteiger partial charge is 0.325 e. The van der Waals surface area contributed by atoms with Gasteiger partial charge in [-0.1, -0.05) is 29.0 Å². The third-order valence-corrected chi connectivity index (χ3v) is 4.23. The van der Waals surface area contributed by atoms with Crippen LogP contribution < -0.4 is 10.6 Å². The topological polar surface area (TPSA) is 97.2 Å². The number of halogens is 2. The van der Waals surface area contributed by atoms with Crippen LogP contribution in [0.5, 0.6) is 0 Å². The van der Waals surface area contributed by atoms with Gasteiger partial charge in [-0.15, -0.1) is 0 Å². The van der Waals surface area contributed by atoms with E-state index in [0.717, 1.165) is 17.4 Å². The zero-order valence-corrected chi connectivity index (χ0v) is 13.3. The quantitative estimate of drug-likeness (QED) is 0.521. The highest BCUT2D eigenvalue weighted by molar-refractivity contribution is 7.22. The van der Waals surface area contributed by atoms with Crippen LogP contribution in [0, 0.1) is 15.9 Å². The molecule has 24 heavy (non-hydrogen) atoms. The monoisotopic (exact) mass is 366 g/mol. The lowest BCUT2D eigenvalue weighted by Gasteiger charge is -2.06. The number of non-ortho nitro benzene ring substituents is 1. The summed E-state index contributed by atoms with van der Waals surface area (Å²) in [6, 6.07) is 7.55. The molecule has 7 nitrogen and oxygen atoms in total. The van der Waals surface area contributed by atoms with Crippen LogP contribution >= 0.6 is 22.9 Å². The molecule has 10 heteroatoms. The van der Waals surface area contributed by atoms with E-state index in [1.807, 2.05) is 0 Å². The van der Waals surface area contributed by atoms with Gasteiger partial charge in [-0.2, -0.15) is 0 Å². The van der Waals surface area contributed by atoms with Crippen molar-refractivity contribution >= 4 is 55.7 Å². The van der Waals surface area contributed by atoms with Gasteiger partial charge in [-0.25, -0.2) is 14.2 Å². The fourth-order valence-corrected chi connectivity index (χ4v) is 3.08. The number of carbonyl (C=O) groups is 1. The summed E-state index contributed by atoms with van der Waals surface area (Å²) in [5.74, 6) is -0.683. The molecule has 2 N–H and O–H groups in total. The molecule has 1 aromatic heterocycles. The number of hydrogen-bond donors (Lipinski definition) is 2. The number of nitro groups is 1.